The van der Waals surface area contributed by atoms with Gasteiger partial charge in [0.05, 0.1) is 12.6 Å². The van der Waals surface area contributed by atoms with Crippen LogP contribution in [0, 0.1) is 11.8 Å². The summed E-state index contributed by atoms with van der Waals surface area (Å²) in [6.45, 7) is 0. The Morgan fingerprint density at radius 3 is 2.85 bits per heavy atom. The molecule has 6 nitrogen and oxygen atoms in total. The predicted octanol–water partition coefficient (Wildman–Crippen LogP) is 1.40. The molecule has 110 valence electrons. The summed E-state index contributed by atoms with van der Waals surface area (Å²) in [6.07, 6.45) is 4.30. The summed E-state index contributed by atoms with van der Waals surface area (Å²) in [5.41, 5.74) is 1.22. The van der Waals surface area contributed by atoms with Gasteiger partial charge in [-0.25, -0.2) is 22.9 Å². The van der Waals surface area contributed by atoms with Gasteiger partial charge in [0.25, 0.3) is 10.0 Å². The van der Waals surface area contributed by atoms with Crippen molar-refractivity contribution in [1.82, 2.24) is 9.71 Å². The summed E-state index contributed by atoms with van der Waals surface area (Å²) in [6, 6.07) is -0.00801. The second-order valence-corrected chi connectivity index (χ2v) is 8.15. The van der Waals surface area contributed by atoms with Crippen LogP contribution in [0.3, 0.4) is 0 Å². The molecule has 1 N–H and O–H groups in total. The molecule has 8 heteroatoms. The van der Waals surface area contributed by atoms with Crippen LogP contribution in [0.2, 0.25) is 0 Å². The van der Waals surface area contributed by atoms with Crippen LogP contribution >= 0.6 is 11.3 Å². The lowest BCUT2D eigenvalue weighted by Crippen LogP contribution is -2.38. The molecule has 0 amide bonds. The lowest BCUT2D eigenvalue weighted by atomic mass is 9.96. The minimum absolute atomic E-state index is 0.00801. The first-order valence-corrected chi connectivity index (χ1v) is 8.91. The topological polar surface area (TPSA) is 85.4 Å². The van der Waals surface area contributed by atoms with E-state index in [0.717, 1.165) is 30.6 Å². The molecule has 1 heterocycles. The van der Waals surface area contributed by atoms with Crippen molar-refractivity contribution in [3.63, 3.8) is 0 Å². The smallest absolute Gasteiger partial charge is 0.358 e. The van der Waals surface area contributed by atoms with Crippen molar-refractivity contribution >= 4 is 27.3 Å². The molecular weight excluding hydrogens is 300 g/mol. The summed E-state index contributed by atoms with van der Waals surface area (Å²) in [5.74, 6) is 0.359. The molecule has 2 aliphatic carbocycles. The maximum absolute atomic E-state index is 12.4. The molecule has 3 rings (SSSR count). The first kappa shape index (κ1) is 14.0. The molecule has 0 saturated heterocycles. The van der Waals surface area contributed by atoms with E-state index in [2.05, 4.69) is 14.4 Å². The lowest BCUT2D eigenvalue weighted by molar-refractivity contribution is 0.0590. The van der Waals surface area contributed by atoms with Crippen molar-refractivity contribution in [3.8, 4) is 0 Å². The van der Waals surface area contributed by atoms with Crippen molar-refractivity contribution in [2.45, 2.75) is 35.9 Å². The lowest BCUT2D eigenvalue weighted by Gasteiger charge is -2.22. The quantitative estimate of drug-likeness (QED) is 0.849. The van der Waals surface area contributed by atoms with Gasteiger partial charge in [0.15, 0.2) is 9.90 Å². The van der Waals surface area contributed by atoms with E-state index >= 15 is 0 Å². The van der Waals surface area contributed by atoms with E-state index in [1.165, 1.54) is 19.0 Å². The highest BCUT2D eigenvalue weighted by Crippen LogP contribution is 2.45. The number of aromatic nitrogens is 1. The Hall–Kier alpha value is -0.990. The van der Waals surface area contributed by atoms with Crippen LogP contribution in [0.4, 0.5) is 0 Å². The maximum atomic E-state index is 12.4. The third kappa shape index (κ3) is 2.36. The van der Waals surface area contributed by atoms with E-state index in [-0.39, 0.29) is 15.9 Å². The number of esters is 1. The molecule has 2 aliphatic rings. The van der Waals surface area contributed by atoms with Crippen molar-refractivity contribution in [2.75, 3.05) is 7.11 Å². The van der Waals surface area contributed by atoms with Gasteiger partial charge in [-0.05, 0) is 31.1 Å². The molecule has 1 aromatic rings. The minimum Gasteiger partial charge on any atom is -0.464 e. The number of nitrogens with zero attached hydrogens (tertiary/aromatic N) is 1. The number of hydrogen-bond donors (Lipinski definition) is 1. The van der Waals surface area contributed by atoms with Crippen LogP contribution in [-0.4, -0.2) is 32.5 Å². The van der Waals surface area contributed by atoms with Crippen LogP contribution in [0.5, 0.6) is 0 Å². The summed E-state index contributed by atoms with van der Waals surface area (Å²) in [4.78, 5) is 15.3. The number of hydrogen-bond acceptors (Lipinski definition) is 6. The van der Waals surface area contributed by atoms with Gasteiger partial charge in [0, 0.05) is 6.04 Å². The fourth-order valence-electron chi connectivity index (χ4n) is 3.30. The summed E-state index contributed by atoms with van der Waals surface area (Å²) >= 11 is 0.941. The highest BCUT2D eigenvalue weighted by Gasteiger charge is 2.42. The Bertz CT molecular complexity index is 625. The third-order valence-corrected chi connectivity index (χ3v) is 7.06. The standard InChI is InChI=1S/C12H16N2O4S2/c1-18-11(15)10-12(19-6-13-10)20(16,17)14-9-5-7-2-3-8(9)4-7/h6-9,14H,2-5H2,1H3. The summed E-state index contributed by atoms with van der Waals surface area (Å²) in [7, 11) is -2.49. The molecule has 2 fully saturated rings. The Kier molecular flexibility index (Phi) is 3.55. The van der Waals surface area contributed by atoms with E-state index in [1.54, 1.807) is 0 Å². The number of carbonyl (C=O) groups is 1. The number of sulfonamides is 1. The van der Waals surface area contributed by atoms with E-state index in [1.807, 2.05) is 0 Å². The minimum atomic E-state index is -3.70. The van der Waals surface area contributed by atoms with Gasteiger partial charge in [-0.2, -0.15) is 0 Å². The molecule has 0 radical (unpaired) electrons. The number of fused-ring (bicyclic) bond motifs is 2. The normalized spacial score (nSPS) is 28.8. The molecule has 2 bridgehead atoms. The summed E-state index contributed by atoms with van der Waals surface area (Å²) in [5, 5.41) is 0. The zero-order valence-electron chi connectivity index (χ0n) is 11.0. The van der Waals surface area contributed by atoms with Crippen molar-refractivity contribution in [3.05, 3.63) is 11.2 Å². The van der Waals surface area contributed by atoms with Crippen LogP contribution in [0.1, 0.15) is 36.2 Å². The first-order valence-electron chi connectivity index (χ1n) is 6.55. The Labute approximate surface area is 121 Å². The van der Waals surface area contributed by atoms with Crippen molar-refractivity contribution in [1.29, 1.82) is 0 Å². The van der Waals surface area contributed by atoms with Crippen LogP contribution < -0.4 is 4.72 Å². The average molecular weight is 316 g/mol. The molecule has 0 spiro atoms. The fraction of sp³-hybridized carbons (Fsp3) is 0.667. The van der Waals surface area contributed by atoms with Gasteiger partial charge in [0.1, 0.15) is 0 Å². The van der Waals surface area contributed by atoms with E-state index in [9.17, 15) is 13.2 Å². The average Bonchev–Trinajstić information content (AvgIpc) is 3.12. The van der Waals surface area contributed by atoms with Crippen LogP contribution in [0.25, 0.3) is 0 Å². The number of carbonyl (C=O) groups excluding carboxylic acids is 1. The van der Waals surface area contributed by atoms with Gasteiger partial charge in [0.2, 0.25) is 0 Å². The molecule has 1 aromatic heterocycles. The van der Waals surface area contributed by atoms with E-state index in [0.29, 0.717) is 11.8 Å². The zero-order chi connectivity index (χ0) is 14.3. The van der Waals surface area contributed by atoms with Crippen molar-refractivity contribution < 1.29 is 17.9 Å². The number of thiazole rings is 1. The molecule has 0 aliphatic heterocycles. The number of methoxy groups -OCH3 is 1. The van der Waals surface area contributed by atoms with E-state index < -0.39 is 16.0 Å². The first-order chi connectivity index (χ1) is 9.51. The highest BCUT2D eigenvalue weighted by atomic mass is 32.2. The predicted molar refractivity (Wildman–Crippen MR) is 73.0 cm³/mol. The fourth-order valence-corrected chi connectivity index (χ4v) is 5.77. The maximum Gasteiger partial charge on any atom is 0.358 e. The second-order valence-electron chi connectivity index (χ2n) is 5.38. The largest absolute Gasteiger partial charge is 0.464 e. The third-order valence-electron chi connectivity index (χ3n) is 4.20. The van der Waals surface area contributed by atoms with Crippen LogP contribution in [0.15, 0.2) is 9.72 Å². The molecule has 3 unspecified atom stereocenters. The molecule has 2 saturated carbocycles. The van der Waals surface area contributed by atoms with Gasteiger partial charge in [-0.15, -0.1) is 11.3 Å². The second kappa shape index (κ2) is 5.09. The highest BCUT2D eigenvalue weighted by molar-refractivity contribution is 7.91. The Morgan fingerprint density at radius 2 is 2.25 bits per heavy atom. The van der Waals surface area contributed by atoms with Crippen molar-refractivity contribution in [2.24, 2.45) is 11.8 Å². The molecule has 20 heavy (non-hydrogen) atoms. The number of ether oxygens (including phenoxy) is 1. The van der Waals surface area contributed by atoms with E-state index in [4.69, 9.17) is 0 Å². The van der Waals surface area contributed by atoms with Gasteiger partial charge in [-0.3, -0.25) is 0 Å². The summed E-state index contributed by atoms with van der Waals surface area (Å²) < 4.78 is 32.1. The van der Waals surface area contributed by atoms with Gasteiger partial charge >= 0.3 is 5.97 Å². The SMILES string of the molecule is COC(=O)c1ncsc1S(=O)(=O)NC1CC2CCC1C2. The zero-order valence-corrected chi connectivity index (χ0v) is 12.7. The van der Waals surface area contributed by atoms with Crippen LogP contribution in [-0.2, 0) is 14.8 Å². The molecule has 3 atom stereocenters. The van der Waals surface area contributed by atoms with Gasteiger partial charge in [-0.1, -0.05) is 6.42 Å². The van der Waals surface area contributed by atoms with Gasteiger partial charge < -0.3 is 4.74 Å². The number of nitrogens with one attached hydrogen (secondary N) is 1. The Balaban J connectivity index is 1.82. The monoisotopic (exact) mass is 316 g/mol. The number of rotatable bonds is 4. The Morgan fingerprint density at radius 1 is 1.45 bits per heavy atom. The molecular formula is C12H16N2O4S2. The molecule has 0 aromatic carbocycles.